The molecule has 0 radical (unpaired) electrons. The zero-order valence-corrected chi connectivity index (χ0v) is 11.2. The normalized spacial score (nSPS) is 12.2. The van der Waals surface area contributed by atoms with Crippen LogP contribution in [0.2, 0.25) is 0 Å². The lowest BCUT2D eigenvalue weighted by molar-refractivity contribution is -0.137. The largest absolute Gasteiger partial charge is 0.416 e. The lowest BCUT2D eigenvalue weighted by atomic mass is 10.1. The maximum Gasteiger partial charge on any atom is 0.416 e. The Morgan fingerprint density at radius 3 is 2.43 bits per heavy atom. The number of benzene rings is 1. The van der Waals surface area contributed by atoms with Crippen molar-refractivity contribution in [3.05, 3.63) is 35.4 Å². The van der Waals surface area contributed by atoms with Crippen molar-refractivity contribution in [2.45, 2.75) is 25.4 Å². The van der Waals surface area contributed by atoms with Gasteiger partial charge < -0.3 is 16.3 Å². The average Bonchev–Trinajstić information content (AvgIpc) is 2.43. The SMILES string of the molecule is NC(CCCNC(=O)Cc1ccc(C(F)(F)F)cc1)=NO. The molecule has 0 bridgehead atoms. The quantitative estimate of drug-likeness (QED) is 0.246. The van der Waals surface area contributed by atoms with Gasteiger partial charge in [0.15, 0.2) is 0 Å². The highest BCUT2D eigenvalue weighted by atomic mass is 19.4. The summed E-state index contributed by atoms with van der Waals surface area (Å²) >= 11 is 0. The predicted octanol–water partition coefficient (Wildman–Crippen LogP) is 1.89. The van der Waals surface area contributed by atoms with Gasteiger partial charge in [-0.3, -0.25) is 4.79 Å². The first-order valence-electron chi connectivity index (χ1n) is 6.22. The second-order valence-corrected chi connectivity index (χ2v) is 4.42. The molecule has 1 aromatic rings. The fourth-order valence-corrected chi connectivity index (χ4v) is 1.61. The molecule has 21 heavy (non-hydrogen) atoms. The second kappa shape index (κ2) is 7.51. The molecule has 8 heteroatoms. The first kappa shape index (κ1) is 16.8. The molecule has 0 saturated carbocycles. The molecule has 0 aliphatic carbocycles. The number of amides is 1. The van der Waals surface area contributed by atoms with Gasteiger partial charge in [-0.05, 0) is 24.1 Å². The number of oxime groups is 1. The Kier molecular flexibility index (Phi) is 6.01. The minimum absolute atomic E-state index is 0.00170. The standard InChI is InChI=1S/C13H16F3N3O2/c14-13(15,16)10-5-3-9(4-6-10)8-12(20)18-7-1-2-11(17)19-21/h3-6,21H,1-2,7-8H2,(H2,17,19)(H,18,20). The summed E-state index contributed by atoms with van der Waals surface area (Å²) in [6.07, 6.45) is -3.53. The van der Waals surface area contributed by atoms with Gasteiger partial charge >= 0.3 is 6.18 Å². The van der Waals surface area contributed by atoms with Crippen molar-refractivity contribution in [3.8, 4) is 0 Å². The molecule has 0 aliphatic rings. The summed E-state index contributed by atoms with van der Waals surface area (Å²) in [6, 6.07) is 4.44. The minimum atomic E-state index is -4.38. The zero-order valence-electron chi connectivity index (χ0n) is 11.2. The Hall–Kier alpha value is -2.25. The number of carbonyl (C=O) groups excluding carboxylic acids is 1. The van der Waals surface area contributed by atoms with Crippen LogP contribution in [0.5, 0.6) is 0 Å². The highest BCUT2D eigenvalue weighted by Crippen LogP contribution is 2.29. The predicted molar refractivity (Wildman–Crippen MR) is 70.8 cm³/mol. The number of alkyl halides is 3. The molecular formula is C13H16F3N3O2. The molecule has 4 N–H and O–H groups in total. The topological polar surface area (TPSA) is 87.7 Å². The molecule has 0 aliphatic heterocycles. The van der Waals surface area contributed by atoms with E-state index in [2.05, 4.69) is 10.5 Å². The molecule has 1 rings (SSSR count). The highest BCUT2D eigenvalue weighted by Gasteiger charge is 2.29. The van der Waals surface area contributed by atoms with Gasteiger partial charge in [0.1, 0.15) is 5.84 Å². The van der Waals surface area contributed by atoms with E-state index < -0.39 is 11.7 Å². The van der Waals surface area contributed by atoms with Gasteiger partial charge in [0.25, 0.3) is 0 Å². The van der Waals surface area contributed by atoms with Crippen LogP contribution >= 0.6 is 0 Å². The molecule has 0 atom stereocenters. The number of hydrogen-bond acceptors (Lipinski definition) is 3. The van der Waals surface area contributed by atoms with E-state index in [4.69, 9.17) is 10.9 Å². The Morgan fingerprint density at radius 2 is 1.90 bits per heavy atom. The van der Waals surface area contributed by atoms with Crippen molar-refractivity contribution in [1.29, 1.82) is 0 Å². The summed E-state index contributed by atoms with van der Waals surface area (Å²) in [5, 5.41) is 13.7. The molecule has 116 valence electrons. The lowest BCUT2D eigenvalue weighted by Crippen LogP contribution is -2.27. The highest BCUT2D eigenvalue weighted by molar-refractivity contribution is 5.80. The summed E-state index contributed by atoms with van der Waals surface area (Å²) in [6.45, 7) is 0.343. The molecule has 0 aromatic heterocycles. The van der Waals surface area contributed by atoms with Crippen molar-refractivity contribution < 1.29 is 23.2 Å². The fourth-order valence-electron chi connectivity index (χ4n) is 1.61. The zero-order chi connectivity index (χ0) is 15.9. The van der Waals surface area contributed by atoms with Gasteiger partial charge in [-0.1, -0.05) is 17.3 Å². The van der Waals surface area contributed by atoms with Gasteiger partial charge in [-0.15, -0.1) is 0 Å². The van der Waals surface area contributed by atoms with Crippen molar-refractivity contribution >= 4 is 11.7 Å². The Morgan fingerprint density at radius 1 is 1.29 bits per heavy atom. The number of hydrogen-bond donors (Lipinski definition) is 3. The first-order valence-corrected chi connectivity index (χ1v) is 6.22. The number of nitrogens with zero attached hydrogens (tertiary/aromatic N) is 1. The van der Waals surface area contributed by atoms with E-state index in [1.54, 1.807) is 0 Å². The van der Waals surface area contributed by atoms with Crippen LogP contribution in [0.15, 0.2) is 29.4 Å². The molecule has 5 nitrogen and oxygen atoms in total. The van der Waals surface area contributed by atoms with E-state index in [1.807, 2.05) is 0 Å². The third-order valence-corrected chi connectivity index (χ3v) is 2.71. The molecule has 0 fully saturated rings. The summed E-state index contributed by atoms with van der Waals surface area (Å²) in [5.74, 6) is -0.221. The minimum Gasteiger partial charge on any atom is -0.409 e. The number of rotatable bonds is 6. The van der Waals surface area contributed by atoms with Crippen molar-refractivity contribution in [1.82, 2.24) is 5.32 Å². The van der Waals surface area contributed by atoms with Crippen molar-refractivity contribution in [2.24, 2.45) is 10.9 Å². The van der Waals surface area contributed by atoms with E-state index in [0.29, 0.717) is 24.9 Å². The molecule has 1 amide bonds. The van der Waals surface area contributed by atoms with Crippen LogP contribution in [0.1, 0.15) is 24.0 Å². The summed E-state index contributed by atoms with van der Waals surface area (Å²) < 4.78 is 37.1. The smallest absolute Gasteiger partial charge is 0.409 e. The van der Waals surface area contributed by atoms with E-state index in [0.717, 1.165) is 12.1 Å². The molecule has 0 spiro atoms. The van der Waals surface area contributed by atoms with Crippen LogP contribution in [0, 0.1) is 0 Å². The van der Waals surface area contributed by atoms with Crippen LogP contribution < -0.4 is 11.1 Å². The van der Waals surface area contributed by atoms with Crippen LogP contribution in [0.3, 0.4) is 0 Å². The van der Waals surface area contributed by atoms with Crippen LogP contribution in [-0.2, 0) is 17.4 Å². The number of carbonyl (C=O) groups is 1. The number of halogens is 3. The van der Waals surface area contributed by atoms with Gasteiger partial charge in [0.2, 0.25) is 5.91 Å². The van der Waals surface area contributed by atoms with Crippen LogP contribution in [0.25, 0.3) is 0 Å². The summed E-state index contributed by atoms with van der Waals surface area (Å²) in [7, 11) is 0. The van der Waals surface area contributed by atoms with Gasteiger partial charge in [-0.25, -0.2) is 0 Å². The van der Waals surface area contributed by atoms with E-state index in [-0.39, 0.29) is 18.2 Å². The Balaban J connectivity index is 2.38. The summed E-state index contributed by atoms with van der Waals surface area (Å²) in [4.78, 5) is 11.6. The molecule has 0 saturated heterocycles. The third kappa shape index (κ3) is 6.15. The lowest BCUT2D eigenvalue weighted by Gasteiger charge is -2.08. The van der Waals surface area contributed by atoms with E-state index in [1.165, 1.54) is 12.1 Å². The first-order chi connectivity index (χ1) is 9.82. The molecule has 0 heterocycles. The maximum absolute atomic E-state index is 12.4. The Labute approximate surface area is 119 Å². The average molecular weight is 303 g/mol. The van der Waals surface area contributed by atoms with E-state index in [9.17, 15) is 18.0 Å². The van der Waals surface area contributed by atoms with Crippen LogP contribution in [0.4, 0.5) is 13.2 Å². The Bertz CT molecular complexity index is 498. The second-order valence-electron chi connectivity index (χ2n) is 4.42. The molecule has 1 aromatic carbocycles. The number of amidine groups is 1. The van der Waals surface area contributed by atoms with Gasteiger partial charge in [0.05, 0.1) is 12.0 Å². The van der Waals surface area contributed by atoms with E-state index >= 15 is 0 Å². The molecular weight excluding hydrogens is 287 g/mol. The van der Waals surface area contributed by atoms with Gasteiger partial charge in [0, 0.05) is 13.0 Å². The third-order valence-electron chi connectivity index (χ3n) is 2.71. The maximum atomic E-state index is 12.4. The van der Waals surface area contributed by atoms with Crippen molar-refractivity contribution in [2.75, 3.05) is 6.54 Å². The summed E-state index contributed by atoms with van der Waals surface area (Å²) in [5.41, 5.74) is 5.01. The number of nitrogens with two attached hydrogens (primary N) is 1. The van der Waals surface area contributed by atoms with Crippen molar-refractivity contribution in [3.63, 3.8) is 0 Å². The number of nitrogens with one attached hydrogen (secondary N) is 1. The van der Waals surface area contributed by atoms with Gasteiger partial charge in [-0.2, -0.15) is 13.2 Å². The fraction of sp³-hybridized carbons (Fsp3) is 0.385. The molecule has 0 unspecified atom stereocenters. The van der Waals surface area contributed by atoms with Crippen LogP contribution in [-0.4, -0.2) is 23.5 Å². The monoisotopic (exact) mass is 303 g/mol.